The van der Waals surface area contributed by atoms with E-state index in [1.807, 2.05) is 31.2 Å². The van der Waals surface area contributed by atoms with E-state index in [2.05, 4.69) is 27.7 Å². The normalized spacial score (nSPS) is 10.6. The molecule has 1 heterocycles. The van der Waals surface area contributed by atoms with Crippen LogP contribution in [0.1, 0.15) is 28.7 Å². The molecule has 1 aromatic carbocycles. The van der Waals surface area contributed by atoms with Crippen molar-refractivity contribution in [1.29, 1.82) is 0 Å². The number of anilines is 1. The smallest absolute Gasteiger partial charge is 0.359 e. The number of carbonyl (C=O) groups is 1. The molecular weight excluding hydrogens is 369 g/mol. The van der Waals surface area contributed by atoms with E-state index in [-0.39, 0.29) is 6.61 Å². The number of nitrogen functional groups attached to an aromatic ring is 1. The highest BCUT2D eigenvalue weighted by atomic mass is 127. The minimum atomic E-state index is -0.448. The lowest BCUT2D eigenvalue weighted by Gasteiger charge is -2.06. The molecule has 0 amide bonds. The Kier molecular flexibility index (Phi) is 4.64. The maximum Gasteiger partial charge on any atom is 0.359 e. The van der Waals surface area contributed by atoms with Gasteiger partial charge in [-0.25, -0.2) is 4.79 Å². The van der Waals surface area contributed by atoms with Gasteiger partial charge in [0.05, 0.1) is 11.4 Å². The first kappa shape index (κ1) is 14.8. The number of aryl methyl sites for hydroxylation is 2. The summed E-state index contributed by atoms with van der Waals surface area (Å²) in [6, 6.07) is 7.80. The topological polar surface area (TPSA) is 70.1 Å². The molecule has 0 saturated heterocycles. The maximum atomic E-state index is 12.1. The van der Waals surface area contributed by atoms with Gasteiger partial charge in [-0.15, -0.1) is 0 Å². The van der Waals surface area contributed by atoms with Crippen molar-refractivity contribution in [2.45, 2.75) is 20.0 Å². The third-order valence-corrected chi connectivity index (χ3v) is 3.69. The number of esters is 1. The van der Waals surface area contributed by atoms with Crippen molar-refractivity contribution >= 4 is 34.2 Å². The van der Waals surface area contributed by atoms with Gasteiger partial charge in [0.2, 0.25) is 0 Å². The van der Waals surface area contributed by atoms with Gasteiger partial charge >= 0.3 is 5.97 Å². The van der Waals surface area contributed by atoms with Crippen LogP contribution >= 0.6 is 22.6 Å². The maximum absolute atomic E-state index is 12.1. The molecule has 0 aliphatic heterocycles. The average Bonchev–Trinajstić information content (AvgIpc) is 2.72. The molecule has 20 heavy (non-hydrogen) atoms. The minimum Gasteiger partial charge on any atom is -0.456 e. The van der Waals surface area contributed by atoms with E-state index in [9.17, 15) is 4.79 Å². The zero-order chi connectivity index (χ0) is 14.7. The lowest BCUT2D eigenvalue weighted by Crippen LogP contribution is -2.12. The predicted molar refractivity (Wildman–Crippen MR) is 85.3 cm³/mol. The second kappa shape index (κ2) is 6.25. The molecule has 2 N–H and O–H groups in total. The Morgan fingerprint density at radius 1 is 1.40 bits per heavy atom. The van der Waals surface area contributed by atoms with E-state index >= 15 is 0 Å². The highest BCUT2D eigenvalue weighted by Gasteiger charge is 2.20. The summed E-state index contributed by atoms with van der Waals surface area (Å²) in [5.74, 6) is -0.448. The molecule has 0 atom stereocenters. The lowest BCUT2D eigenvalue weighted by atomic mass is 10.2. The Hall–Kier alpha value is -1.57. The van der Waals surface area contributed by atoms with Gasteiger partial charge in [-0.2, -0.15) is 5.10 Å². The summed E-state index contributed by atoms with van der Waals surface area (Å²) < 4.78 is 7.91. The van der Waals surface area contributed by atoms with Crippen LogP contribution in [0.5, 0.6) is 0 Å². The van der Waals surface area contributed by atoms with Gasteiger partial charge in [0, 0.05) is 10.6 Å². The molecule has 0 bridgehead atoms. The van der Waals surface area contributed by atoms with Crippen molar-refractivity contribution in [2.75, 3.05) is 5.73 Å². The molecule has 106 valence electrons. The van der Waals surface area contributed by atoms with Gasteiger partial charge in [0.1, 0.15) is 6.61 Å². The highest BCUT2D eigenvalue weighted by molar-refractivity contribution is 14.1. The van der Waals surface area contributed by atoms with Crippen molar-refractivity contribution < 1.29 is 9.53 Å². The third kappa shape index (κ3) is 3.12. The van der Waals surface area contributed by atoms with Gasteiger partial charge in [0.25, 0.3) is 0 Å². The Morgan fingerprint density at radius 2 is 2.05 bits per heavy atom. The number of halogens is 1. The summed E-state index contributed by atoms with van der Waals surface area (Å²) in [5.41, 5.74) is 8.29. The molecule has 0 unspecified atom stereocenters. The second-order valence-corrected chi connectivity index (χ2v) is 5.63. The fraction of sp³-hybridized carbons (Fsp3) is 0.286. The number of ether oxygens (including phenoxy) is 1. The molecule has 0 aliphatic rings. The summed E-state index contributed by atoms with van der Waals surface area (Å²) in [7, 11) is 1.69. The van der Waals surface area contributed by atoms with Gasteiger partial charge in [-0.1, -0.05) is 19.1 Å². The van der Waals surface area contributed by atoms with E-state index in [0.29, 0.717) is 23.5 Å². The van der Waals surface area contributed by atoms with Crippen LogP contribution in [0.3, 0.4) is 0 Å². The molecular formula is C14H16IN3O2. The number of aromatic nitrogens is 2. The molecule has 0 saturated carbocycles. The van der Waals surface area contributed by atoms with Crippen LogP contribution in [-0.2, 0) is 24.8 Å². The molecule has 2 aromatic rings. The van der Waals surface area contributed by atoms with E-state index < -0.39 is 5.97 Å². The van der Waals surface area contributed by atoms with Crippen molar-refractivity contribution in [1.82, 2.24) is 9.78 Å². The first-order valence-corrected chi connectivity index (χ1v) is 7.33. The standard InChI is InChI=1S/C14H16IN3O2/c1-3-11-12(16)13(18(2)17-11)14(19)20-8-9-4-6-10(15)7-5-9/h4-7H,3,8,16H2,1-2H3. The minimum absolute atomic E-state index is 0.224. The van der Waals surface area contributed by atoms with Crippen LogP contribution in [0.4, 0.5) is 5.69 Å². The van der Waals surface area contributed by atoms with Crippen molar-refractivity contribution in [3.8, 4) is 0 Å². The fourth-order valence-electron chi connectivity index (χ4n) is 1.90. The molecule has 0 spiro atoms. The predicted octanol–water partition coefficient (Wildman–Crippen LogP) is 2.53. The summed E-state index contributed by atoms with van der Waals surface area (Å²) in [6.07, 6.45) is 0.685. The Labute approximate surface area is 131 Å². The third-order valence-electron chi connectivity index (χ3n) is 2.97. The zero-order valence-electron chi connectivity index (χ0n) is 11.4. The second-order valence-electron chi connectivity index (χ2n) is 4.39. The average molecular weight is 385 g/mol. The fourth-order valence-corrected chi connectivity index (χ4v) is 2.26. The van der Waals surface area contributed by atoms with Crippen molar-refractivity contribution in [2.24, 2.45) is 7.05 Å². The van der Waals surface area contributed by atoms with Crippen LogP contribution in [0.2, 0.25) is 0 Å². The first-order valence-electron chi connectivity index (χ1n) is 6.25. The van der Waals surface area contributed by atoms with E-state index in [1.54, 1.807) is 7.05 Å². The number of nitrogens with two attached hydrogens (primary N) is 1. The monoisotopic (exact) mass is 385 g/mol. The molecule has 0 aliphatic carbocycles. The Morgan fingerprint density at radius 3 is 2.60 bits per heavy atom. The zero-order valence-corrected chi connectivity index (χ0v) is 13.5. The highest BCUT2D eigenvalue weighted by Crippen LogP contribution is 2.18. The van der Waals surface area contributed by atoms with Gasteiger partial charge < -0.3 is 10.5 Å². The molecule has 0 fully saturated rings. The van der Waals surface area contributed by atoms with Gasteiger partial charge in [-0.3, -0.25) is 4.68 Å². The quantitative estimate of drug-likeness (QED) is 0.649. The lowest BCUT2D eigenvalue weighted by molar-refractivity contribution is 0.0461. The van der Waals surface area contributed by atoms with E-state index in [4.69, 9.17) is 10.5 Å². The molecule has 6 heteroatoms. The molecule has 1 aromatic heterocycles. The van der Waals surface area contributed by atoms with Crippen LogP contribution in [0, 0.1) is 3.57 Å². The Bertz CT molecular complexity index is 620. The number of hydrogen-bond donors (Lipinski definition) is 1. The van der Waals surface area contributed by atoms with E-state index in [0.717, 1.165) is 9.13 Å². The summed E-state index contributed by atoms with van der Waals surface area (Å²) in [6.45, 7) is 2.17. The first-order chi connectivity index (χ1) is 9.52. The largest absolute Gasteiger partial charge is 0.456 e. The summed E-state index contributed by atoms with van der Waals surface area (Å²) >= 11 is 2.23. The van der Waals surface area contributed by atoms with Crippen LogP contribution < -0.4 is 5.73 Å². The number of benzene rings is 1. The SMILES string of the molecule is CCc1nn(C)c(C(=O)OCc2ccc(I)cc2)c1N. The van der Waals surface area contributed by atoms with Crippen molar-refractivity contribution in [3.63, 3.8) is 0 Å². The summed E-state index contributed by atoms with van der Waals surface area (Å²) in [5, 5.41) is 4.21. The molecule has 2 rings (SSSR count). The van der Waals surface area contributed by atoms with Gasteiger partial charge in [0.15, 0.2) is 5.69 Å². The van der Waals surface area contributed by atoms with Gasteiger partial charge in [-0.05, 0) is 46.7 Å². The number of carbonyl (C=O) groups excluding carboxylic acids is 1. The number of nitrogens with zero attached hydrogens (tertiary/aromatic N) is 2. The van der Waals surface area contributed by atoms with Crippen LogP contribution in [-0.4, -0.2) is 15.7 Å². The van der Waals surface area contributed by atoms with Crippen molar-refractivity contribution in [3.05, 3.63) is 44.8 Å². The number of hydrogen-bond acceptors (Lipinski definition) is 4. The Balaban J connectivity index is 2.09. The van der Waals surface area contributed by atoms with Crippen LogP contribution in [0.25, 0.3) is 0 Å². The number of rotatable bonds is 4. The molecule has 0 radical (unpaired) electrons. The summed E-state index contributed by atoms with van der Waals surface area (Å²) in [4.78, 5) is 12.1. The molecule has 5 nitrogen and oxygen atoms in total. The van der Waals surface area contributed by atoms with Crippen LogP contribution in [0.15, 0.2) is 24.3 Å². The van der Waals surface area contributed by atoms with E-state index in [1.165, 1.54) is 4.68 Å².